The fraction of sp³-hybridized carbons (Fsp3) is 0.769. The minimum atomic E-state index is 0.177. The molecule has 1 aromatic rings. The highest BCUT2D eigenvalue weighted by Crippen LogP contribution is 2.32. The van der Waals surface area contributed by atoms with Gasteiger partial charge in [-0.25, -0.2) is 4.98 Å². The standard InChI is InChI=1S/C13H20N2OS/c14-10-5-3-6-11-13(10)15-12(17-11)8-9-4-1-2-7-16-9/h9-10H,1-8,14H2. The molecular weight excluding hydrogens is 232 g/mol. The van der Waals surface area contributed by atoms with Crippen LogP contribution in [0.3, 0.4) is 0 Å². The van der Waals surface area contributed by atoms with E-state index in [1.54, 1.807) is 0 Å². The number of aromatic nitrogens is 1. The summed E-state index contributed by atoms with van der Waals surface area (Å²) < 4.78 is 5.78. The first kappa shape index (κ1) is 11.6. The normalized spacial score (nSPS) is 29.0. The summed E-state index contributed by atoms with van der Waals surface area (Å²) in [5, 5.41) is 1.24. The smallest absolute Gasteiger partial charge is 0.0957 e. The fourth-order valence-corrected chi connectivity index (χ4v) is 4.00. The molecule has 2 heterocycles. The van der Waals surface area contributed by atoms with Gasteiger partial charge in [-0.05, 0) is 38.5 Å². The first-order valence-electron chi connectivity index (χ1n) is 6.68. The highest BCUT2D eigenvalue weighted by Gasteiger charge is 2.23. The summed E-state index contributed by atoms with van der Waals surface area (Å²) in [6.45, 7) is 0.926. The highest BCUT2D eigenvalue weighted by molar-refractivity contribution is 7.11. The Morgan fingerprint density at radius 3 is 3.00 bits per heavy atom. The lowest BCUT2D eigenvalue weighted by atomic mass is 9.99. The predicted octanol–water partition coefficient (Wildman–Crippen LogP) is 2.59. The van der Waals surface area contributed by atoms with Crippen molar-refractivity contribution in [3.8, 4) is 0 Å². The van der Waals surface area contributed by atoms with Gasteiger partial charge in [-0.1, -0.05) is 0 Å². The number of nitrogens with two attached hydrogens (primary N) is 1. The van der Waals surface area contributed by atoms with Crippen LogP contribution in [0.5, 0.6) is 0 Å². The molecule has 3 rings (SSSR count). The Hall–Kier alpha value is -0.450. The van der Waals surface area contributed by atoms with Crippen molar-refractivity contribution in [1.29, 1.82) is 0 Å². The average molecular weight is 252 g/mol. The lowest BCUT2D eigenvalue weighted by molar-refractivity contribution is 0.0167. The van der Waals surface area contributed by atoms with Gasteiger partial charge in [0, 0.05) is 23.9 Å². The summed E-state index contributed by atoms with van der Waals surface area (Å²) in [5.74, 6) is 0. The molecule has 0 spiro atoms. The number of nitrogens with zero attached hydrogens (tertiary/aromatic N) is 1. The molecule has 0 bridgehead atoms. The molecule has 2 unspecified atom stereocenters. The third kappa shape index (κ3) is 2.54. The largest absolute Gasteiger partial charge is 0.378 e. The van der Waals surface area contributed by atoms with Crippen LogP contribution in [0.4, 0.5) is 0 Å². The molecule has 4 heteroatoms. The van der Waals surface area contributed by atoms with Crippen molar-refractivity contribution >= 4 is 11.3 Å². The molecule has 0 amide bonds. The second kappa shape index (κ2) is 5.04. The Balaban J connectivity index is 1.71. The minimum Gasteiger partial charge on any atom is -0.378 e. The third-order valence-electron chi connectivity index (χ3n) is 3.72. The van der Waals surface area contributed by atoms with E-state index in [2.05, 4.69) is 0 Å². The van der Waals surface area contributed by atoms with E-state index in [-0.39, 0.29) is 6.04 Å². The van der Waals surface area contributed by atoms with Crippen LogP contribution in [0, 0.1) is 0 Å². The summed E-state index contributed by atoms with van der Waals surface area (Å²) in [6.07, 6.45) is 8.58. The van der Waals surface area contributed by atoms with Gasteiger partial charge in [0.1, 0.15) is 0 Å². The first-order valence-corrected chi connectivity index (χ1v) is 7.50. The third-order valence-corrected chi connectivity index (χ3v) is 4.87. The summed E-state index contributed by atoms with van der Waals surface area (Å²) in [5.41, 5.74) is 7.28. The number of ether oxygens (including phenoxy) is 1. The Morgan fingerprint density at radius 1 is 1.29 bits per heavy atom. The molecule has 1 aromatic heterocycles. The fourth-order valence-electron chi connectivity index (χ4n) is 2.75. The molecule has 2 N–H and O–H groups in total. The lowest BCUT2D eigenvalue weighted by Crippen LogP contribution is -2.21. The summed E-state index contributed by atoms with van der Waals surface area (Å²) in [4.78, 5) is 6.16. The molecule has 94 valence electrons. The van der Waals surface area contributed by atoms with Crippen molar-refractivity contribution in [1.82, 2.24) is 4.98 Å². The molecular formula is C13H20N2OS. The van der Waals surface area contributed by atoms with Crippen molar-refractivity contribution in [2.75, 3.05) is 6.61 Å². The summed E-state index contributed by atoms with van der Waals surface area (Å²) >= 11 is 1.86. The van der Waals surface area contributed by atoms with Gasteiger partial charge in [0.2, 0.25) is 0 Å². The van der Waals surface area contributed by atoms with Crippen LogP contribution < -0.4 is 5.73 Å². The van der Waals surface area contributed by atoms with Crippen LogP contribution in [-0.2, 0) is 17.6 Å². The van der Waals surface area contributed by atoms with Gasteiger partial charge in [-0.2, -0.15) is 0 Å². The Labute approximate surface area is 106 Å². The van der Waals surface area contributed by atoms with Gasteiger partial charge in [-0.15, -0.1) is 11.3 Å². The van der Waals surface area contributed by atoms with Gasteiger partial charge in [0.25, 0.3) is 0 Å². The molecule has 2 aliphatic rings. The number of thiazole rings is 1. The number of hydrogen-bond acceptors (Lipinski definition) is 4. The van der Waals surface area contributed by atoms with Crippen LogP contribution in [0.25, 0.3) is 0 Å². The van der Waals surface area contributed by atoms with Gasteiger partial charge < -0.3 is 10.5 Å². The molecule has 17 heavy (non-hydrogen) atoms. The molecule has 1 aliphatic carbocycles. The van der Waals surface area contributed by atoms with Gasteiger partial charge in [0.15, 0.2) is 0 Å². The lowest BCUT2D eigenvalue weighted by Gasteiger charge is -2.21. The molecule has 1 aliphatic heterocycles. The highest BCUT2D eigenvalue weighted by atomic mass is 32.1. The molecule has 0 saturated carbocycles. The van der Waals surface area contributed by atoms with E-state index in [1.165, 1.54) is 47.7 Å². The van der Waals surface area contributed by atoms with Crippen molar-refractivity contribution in [2.45, 2.75) is 57.1 Å². The molecule has 0 aromatic carbocycles. The van der Waals surface area contributed by atoms with Crippen LogP contribution in [0.15, 0.2) is 0 Å². The van der Waals surface area contributed by atoms with E-state index in [9.17, 15) is 0 Å². The maximum Gasteiger partial charge on any atom is 0.0957 e. The van der Waals surface area contributed by atoms with Crippen molar-refractivity contribution in [3.05, 3.63) is 15.6 Å². The van der Waals surface area contributed by atoms with E-state index in [1.807, 2.05) is 11.3 Å². The van der Waals surface area contributed by atoms with Crippen molar-refractivity contribution < 1.29 is 4.74 Å². The summed E-state index contributed by atoms with van der Waals surface area (Å²) in [6, 6.07) is 0.177. The average Bonchev–Trinajstić information content (AvgIpc) is 2.74. The van der Waals surface area contributed by atoms with Gasteiger partial charge in [0.05, 0.1) is 16.8 Å². The predicted molar refractivity (Wildman–Crippen MR) is 69.3 cm³/mol. The summed E-state index contributed by atoms with van der Waals surface area (Å²) in [7, 11) is 0. The Kier molecular flexibility index (Phi) is 3.45. The number of aryl methyl sites for hydroxylation is 1. The zero-order valence-electron chi connectivity index (χ0n) is 10.2. The second-order valence-electron chi connectivity index (χ2n) is 5.11. The zero-order chi connectivity index (χ0) is 11.7. The first-order chi connectivity index (χ1) is 8.33. The van der Waals surface area contributed by atoms with Crippen molar-refractivity contribution in [2.24, 2.45) is 5.73 Å². The van der Waals surface area contributed by atoms with Crippen LogP contribution in [0.1, 0.15) is 53.7 Å². The quantitative estimate of drug-likeness (QED) is 0.880. The molecule has 1 fully saturated rings. The Bertz CT molecular complexity index is 385. The van der Waals surface area contributed by atoms with Crippen molar-refractivity contribution in [3.63, 3.8) is 0 Å². The molecule has 0 radical (unpaired) electrons. The number of rotatable bonds is 2. The zero-order valence-corrected chi connectivity index (χ0v) is 11.0. The number of fused-ring (bicyclic) bond motifs is 1. The van der Waals surface area contributed by atoms with E-state index >= 15 is 0 Å². The van der Waals surface area contributed by atoms with Gasteiger partial charge >= 0.3 is 0 Å². The van der Waals surface area contributed by atoms with Crippen LogP contribution in [-0.4, -0.2) is 17.7 Å². The minimum absolute atomic E-state index is 0.177. The van der Waals surface area contributed by atoms with Crippen LogP contribution >= 0.6 is 11.3 Å². The number of hydrogen-bond donors (Lipinski definition) is 1. The second-order valence-corrected chi connectivity index (χ2v) is 6.28. The van der Waals surface area contributed by atoms with E-state index in [0.29, 0.717) is 6.10 Å². The topological polar surface area (TPSA) is 48.1 Å². The maximum atomic E-state index is 6.11. The van der Waals surface area contributed by atoms with E-state index in [4.69, 9.17) is 15.5 Å². The van der Waals surface area contributed by atoms with E-state index < -0.39 is 0 Å². The maximum absolute atomic E-state index is 6.11. The Morgan fingerprint density at radius 2 is 2.24 bits per heavy atom. The van der Waals surface area contributed by atoms with Crippen LogP contribution in [0.2, 0.25) is 0 Å². The molecule has 1 saturated heterocycles. The van der Waals surface area contributed by atoms with Gasteiger partial charge in [-0.3, -0.25) is 0 Å². The molecule has 2 atom stereocenters. The monoisotopic (exact) mass is 252 g/mol. The SMILES string of the molecule is NC1CCCc2sc(CC3CCCCO3)nc21. The molecule has 3 nitrogen and oxygen atoms in total. The van der Waals surface area contributed by atoms with E-state index in [0.717, 1.165) is 19.4 Å².